The number of hydrogen-bond donors (Lipinski definition) is 0. The van der Waals surface area contributed by atoms with Crippen LogP contribution in [0.2, 0.25) is 0 Å². The summed E-state index contributed by atoms with van der Waals surface area (Å²) in [5.74, 6) is 1.83. The van der Waals surface area contributed by atoms with Gasteiger partial charge < -0.3 is 0 Å². The molecule has 3 aromatic heterocycles. The average molecular weight is 508 g/mol. The Balaban J connectivity index is 1.76. The van der Waals surface area contributed by atoms with E-state index < -0.39 is 0 Å². The van der Waals surface area contributed by atoms with Crippen molar-refractivity contribution in [1.82, 2.24) is 24.9 Å². The van der Waals surface area contributed by atoms with E-state index in [-0.39, 0.29) is 0 Å². The van der Waals surface area contributed by atoms with Gasteiger partial charge in [0.1, 0.15) is 11.4 Å². The zero-order valence-corrected chi connectivity index (χ0v) is 23.5. The number of benzene rings is 1. The maximum atomic E-state index is 4.94. The van der Waals surface area contributed by atoms with Gasteiger partial charge in [0.05, 0.1) is 0 Å². The van der Waals surface area contributed by atoms with Gasteiger partial charge in [-0.15, -0.1) is 0 Å². The summed E-state index contributed by atoms with van der Waals surface area (Å²) < 4.78 is 0. The molecule has 0 radical (unpaired) electrons. The van der Waals surface area contributed by atoms with Gasteiger partial charge in [-0.25, -0.2) is 15.0 Å². The van der Waals surface area contributed by atoms with Crippen LogP contribution in [0.15, 0.2) is 54.9 Å². The van der Waals surface area contributed by atoms with Crippen molar-refractivity contribution >= 4 is 0 Å². The first-order valence-corrected chi connectivity index (χ1v) is 14.3. The summed E-state index contributed by atoms with van der Waals surface area (Å²) in [6.07, 6.45) is 15.9. The minimum absolute atomic E-state index is 0.574. The lowest BCUT2D eigenvalue weighted by Crippen LogP contribution is -2.03. The lowest BCUT2D eigenvalue weighted by Gasteiger charge is -2.12. The van der Waals surface area contributed by atoms with Crippen molar-refractivity contribution in [3.63, 3.8) is 0 Å². The van der Waals surface area contributed by atoms with Gasteiger partial charge in [-0.1, -0.05) is 70.6 Å². The molecule has 5 nitrogen and oxygen atoms in total. The molecular formula is C33H41N5. The predicted molar refractivity (Wildman–Crippen MR) is 157 cm³/mol. The largest absolute Gasteiger partial charge is 0.253 e. The molecule has 0 aliphatic heterocycles. The van der Waals surface area contributed by atoms with Gasteiger partial charge >= 0.3 is 0 Å². The Morgan fingerprint density at radius 1 is 0.526 bits per heavy atom. The first-order valence-electron chi connectivity index (χ1n) is 14.3. The van der Waals surface area contributed by atoms with E-state index in [1.54, 1.807) is 0 Å². The van der Waals surface area contributed by atoms with Crippen LogP contribution in [0.4, 0.5) is 0 Å². The molecule has 4 aromatic rings. The third-order valence-corrected chi connectivity index (χ3v) is 6.87. The molecule has 0 N–H and O–H groups in total. The second-order valence-electron chi connectivity index (χ2n) is 10.4. The Labute approximate surface area is 228 Å². The minimum atomic E-state index is 0.574. The van der Waals surface area contributed by atoms with E-state index in [0.29, 0.717) is 17.5 Å². The Bertz CT molecular complexity index is 1200. The second kappa shape index (κ2) is 13.9. The lowest BCUT2D eigenvalue weighted by molar-refractivity contribution is 0.661. The SMILES string of the molecule is CCCCCCc1cc(CCCCCC)cc(-c2nc(-c3ccc(C)cn3)nc(-c3ccc(C)cn3)n2)c1. The maximum Gasteiger partial charge on any atom is 0.182 e. The van der Waals surface area contributed by atoms with Gasteiger partial charge in [-0.2, -0.15) is 0 Å². The Kier molecular flexibility index (Phi) is 10.1. The van der Waals surface area contributed by atoms with Gasteiger partial charge in [-0.05, 0) is 86.1 Å². The Hall–Kier alpha value is -3.47. The number of rotatable bonds is 13. The molecule has 5 heteroatoms. The smallest absolute Gasteiger partial charge is 0.182 e. The molecule has 0 amide bonds. The Morgan fingerprint density at radius 2 is 1.00 bits per heavy atom. The Morgan fingerprint density at radius 3 is 1.42 bits per heavy atom. The van der Waals surface area contributed by atoms with Crippen molar-refractivity contribution in [3.8, 4) is 34.4 Å². The van der Waals surface area contributed by atoms with Gasteiger partial charge in [0.2, 0.25) is 0 Å². The van der Waals surface area contributed by atoms with E-state index in [1.165, 1.54) is 62.5 Å². The molecule has 1 aromatic carbocycles. The summed E-state index contributed by atoms with van der Waals surface area (Å²) in [5.41, 5.74) is 7.47. The van der Waals surface area contributed by atoms with Crippen LogP contribution in [-0.2, 0) is 12.8 Å². The highest BCUT2D eigenvalue weighted by molar-refractivity contribution is 5.64. The monoisotopic (exact) mass is 507 g/mol. The van der Waals surface area contributed by atoms with E-state index in [2.05, 4.69) is 42.0 Å². The predicted octanol–water partition coefficient (Wildman–Crippen LogP) is 8.53. The maximum absolute atomic E-state index is 4.94. The summed E-state index contributed by atoms with van der Waals surface area (Å²) in [5, 5.41) is 0. The molecule has 0 bridgehead atoms. The zero-order chi connectivity index (χ0) is 26.7. The highest BCUT2D eigenvalue weighted by atomic mass is 15.1. The average Bonchev–Trinajstić information content (AvgIpc) is 2.94. The van der Waals surface area contributed by atoms with E-state index in [4.69, 9.17) is 15.0 Å². The topological polar surface area (TPSA) is 64.5 Å². The lowest BCUT2D eigenvalue weighted by atomic mass is 9.97. The zero-order valence-electron chi connectivity index (χ0n) is 23.5. The fourth-order valence-corrected chi connectivity index (χ4v) is 4.63. The van der Waals surface area contributed by atoms with Gasteiger partial charge in [0, 0.05) is 18.0 Å². The molecule has 0 spiro atoms. The van der Waals surface area contributed by atoms with Crippen LogP contribution in [0, 0.1) is 13.8 Å². The van der Waals surface area contributed by atoms with Crippen LogP contribution < -0.4 is 0 Å². The molecule has 0 saturated carbocycles. The minimum Gasteiger partial charge on any atom is -0.253 e. The molecular weight excluding hydrogens is 466 g/mol. The number of unbranched alkanes of at least 4 members (excludes halogenated alkanes) is 6. The van der Waals surface area contributed by atoms with Crippen LogP contribution >= 0.6 is 0 Å². The summed E-state index contributed by atoms with van der Waals surface area (Å²) in [6.45, 7) is 8.59. The summed E-state index contributed by atoms with van der Waals surface area (Å²) in [7, 11) is 0. The molecule has 38 heavy (non-hydrogen) atoms. The summed E-state index contributed by atoms with van der Waals surface area (Å²) in [6, 6.07) is 15.0. The first-order chi connectivity index (χ1) is 18.6. The van der Waals surface area contributed by atoms with Crippen LogP contribution in [0.3, 0.4) is 0 Å². The molecule has 4 rings (SSSR count). The number of nitrogens with zero attached hydrogens (tertiary/aromatic N) is 5. The number of pyridine rings is 2. The van der Waals surface area contributed by atoms with Crippen molar-refractivity contribution < 1.29 is 0 Å². The normalized spacial score (nSPS) is 11.2. The van der Waals surface area contributed by atoms with Gasteiger partial charge in [0.25, 0.3) is 0 Å². The second-order valence-corrected chi connectivity index (χ2v) is 10.4. The van der Waals surface area contributed by atoms with Crippen LogP contribution in [-0.4, -0.2) is 24.9 Å². The number of aryl methyl sites for hydroxylation is 4. The van der Waals surface area contributed by atoms with Gasteiger partial charge in [0.15, 0.2) is 17.5 Å². The van der Waals surface area contributed by atoms with Crippen LogP contribution in [0.5, 0.6) is 0 Å². The van der Waals surface area contributed by atoms with E-state index in [9.17, 15) is 0 Å². The summed E-state index contributed by atoms with van der Waals surface area (Å²) >= 11 is 0. The van der Waals surface area contributed by atoms with Gasteiger partial charge in [-0.3, -0.25) is 9.97 Å². The number of hydrogen-bond acceptors (Lipinski definition) is 5. The highest BCUT2D eigenvalue weighted by Gasteiger charge is 2.15. The molecule has 0 aliphatic rings. The molecule has 0 fully saturated rings. The van der Waals surface area contributed by atoms with Crippen molar-refractivity contribution in [2.24, 2.45) is 0 Å². The first kappa shape index (κ1) is 27.6. The van der Waals surface area contributed by atoms with Crippen molar-refractivity contribution in [3.05, 3.63) is 77.1 Å². The van der Waals surface area contributed by atoms with Crippen molar-refractivity contribution in [1.29, 1.82) is 0 Å². The number of aromatic nitrogens is 5. The van der Waals surface area contributed by atoms with E-state index in [1.807, 2.05) is 50.5 Å². The fourth-order valence-electron chi connectivity index (χ4n) is 4.63. The molecule has 0 saturated heterocycles. The summed E-state index contributed by atoms with van der Waals surface area (Å²) in [4.78, 5) is 23.9. The van der Waals surface area contributed by atoms with E-state index >= 15 is 0 Å². The molecule has 0 unspecified atom stereocenters. The molecule has 3 heterocycles. The third kappa shape index (κ3) is 7.77. The van der Waals surface area contributed by atoms with Crippen molar-refractivity contribution in [2.45, 2.75) is 91.9 Å². The van der Waals surface area contributed by atoms with Crippen LogP contribution in [0.1, 0.15) is 87.5 Å². The van der Waals surface area contributed by atoms with Crippen molar-refractivity contribution in [2.75, 3.05) is 0 Å². The molecule has 198 valence electrons. The van der Waals surface area contributed by atoms with E-state index in [0.717, 1.165) is 40.9 Å². The highest BCUT2D eigenvalue weighted by Crippen LogP contribution is 2.26. The third-order valence-electron chi connectivity index (χ3n) is 6.87. The molecule has 0 atom stereocenters. The van der Waals surface area contributed by atoms with Crippen LogP contribution in [0.25, 0.3) is 34.4 Å². The quantitative estimate of drug-likeness (QED) is 0.170. The fraction of sp³-hybridized carbons (Fsp3) is 0.424. The molecule has 0 aliphatic carbocycles. The standard InChI is InChI=1S/C33H41N5/c1-5-7-9-11-13-26-19-27(14-12-10-8-6-2)21-28(20-26)31-36-32(29-17-15-24(3)22-34-29)38-33(37-31)30-18-16-25(4)23-35-30/h15-23H,5-14H2,1-4H3.